The molecule has 0 aromatic heterocycles. The van der Waals surface area contributed by atoms with Crippen LogP contribution in [-0.2, 0) is 14.3 Å². The van der Waals surface area contributed by atoms with E-state index >= 15 is 0 Å². The number of rotatable bonds is 3. The quantitative estimate of drug-likeness (QED) is 0.634. The molecule has 0 bridgehead atoms. The fraction of sp³-hybridized carbons (Fsp3) is 0.667. The van der Waals surface area contributed by atoms with E-state index in [2.05, 4.69) is 11.9 Å². The van der Waals surface area contributed by atoms with Crippen LogP contribution in [0.15, 0.2) is 12.7 Å². The minimum absolute atomic E-state index is 0.0296. The average Bonchev–Trinajstić information content (AvgIpc) is 2.19. The molecule has 1 amide bonds. The molecule has 4 nitrogen and oxygen atoms in total. The maximum absolute atomic E-state index is 11.4. The molecule has 0 aromatic rings. The summed E-state index contributed by atoms with van der Waals surface area (Å²) in [5.74, 6) is -0.132. The molecule has 0 saturated carbocycles. The predicted octanol–water partition coefficient (Wildman–Crippen LogP) is 0.0925. The largest absolute Gasteiger partial charge is 0.376 e. The molecule has 74 valence electrons. The number of amides is 1. The summed E-state index contributed by atoms with van der Waals surface area (Å²) in [6.45, 7) is 6.83. The van der Waals surface area contributed by atoms with Crippen LogP contribution >= 0.6 is 0 Å². The van der Waals surface area contributed by atoms with Crippen molar-refractivity contribution in [3.63, 3.8) is 0 Å². The summed E-state index contributed by atoms with van der Waals surface area (Å²) in [5, 5.41) is 2.74. The number of hydrogen-bond acceptors (Lipinski definition) is 3. The van der Waals surface area contributed by atoms with Crippen LogP contribution in [0.4, 0.5) is 0 Å². The Labute approximate surface area is 77.9 Å². The third-order valence-electron chi connectivity index (χ3n) is 1.83. The molecular weight excluding hydrogens is 170 g/mol. The number of carbonyl (C=O) groups is 1. The first-order chi connectivity index (χ1) is 6.24. The van der Waals surface area contributed by atoms with Crippen molar-refractivity contribution in [3.05, 3.63) is 12.7 Å². The number of hydrogen-bond donors (Lipinski definition) is 1. The molecule has 0 aromatic carbocycles. The van der Waals surface area contributed by atoms with E-state index in [0.29, 0.717) is 19.8 Å². The molecule has 2 unspecified atom stereocenters. The minimum Gasteiger partial charge on any atom is -0.376 e. The van der Waals surface area contributed by atoms with Crippen LogP contribution in [0, 0.1) is 0 Å². The van der Waals surface area contributed by atoms with Gasteiger partial charge in [0.25, 0.3) is 5.91 Å². The predicted molar refractivity (Wildman–Crippen MR) is 48.4 cm³/mol. The molecule has 1 aliphatic heterocycles. The van der Waals surface area contributed by atoms with Gasteiger partial charge in [-0.3, -0.25) is 4.79 Å². The highest BCUT2D eigenvalue weighted by atomic mass is 16.6. The van der Waals surface area contributed by atoms with Crippen LogP contribution in [0.2, 0.25) is 0 Å². The Morgan fingerprint density at radius 2 is 2.46 bits per heavy atom. The molecule has 0 spiro atoms. The summed E-state index contributed by atoms with van der Waals surface area (Å²) in [7, 11) is 0. The Morgan fingerprint density at radius 1 is 1.69 bits per heavy atom. The van der Waals surface area contributed by atoms with Crippen LogP contribution < -0.4 is 5.32 Å². The van der Waals surface area contributed by atoms with Gasteiger partial charge in [-0.05, 0) is 6.92 Å². The lowest BCUT2D eigenvalue weighted by molar-refractivity contribution is -0.147. The molecular formula is C9H15NO3. The van der Waals surface area contributed by atoms with Crippen LogP contribution in [0.3, 0.4) is 0 Å². The molecule has 0 radical (unpaired) electrons. The van der Waals surface area contributed by atoms with Gasteiger partial charge in [0.15, 0.2) is 6.10 Å². The van der Waals surface area contributed by atoms with E-state index in [4.69, 9.17) is 9.47 Å². The Hall–Kier alpha value is -0.870. The smallest absolute Gasteiger partial charge is 0.251 e. The van der Waals surface area contributed by atoms with Crippen LogP contribution in [0.1, 0.15) is 6.92 Å². The summed E-state index contributed by atoms with van der Waals surface area (Å²) in [6, 6.07) is -0.0296. The lowest BCUT2D eigenvalue weighted by Crippen LogP contribution is -2.45. The summed E-state index contributed by atoms with van der Waals surface area (Å²) in [5.41, 5.74) is 0. The van der Waals surface area contributed by atoms with Gasteiger partial charge in [-0.25, -0.2) is 0 Å². The normalized spacial score (nSPS) is 24.8. The second kappa shape index (κ2) is 4.99. The molecule has 1 fully saturated rings. The molecule has 4 heteroatoms. The topological polar surface area (TPSA) is 47.6 Å². The lowest BCUT2D eigenvalue weighted by atomic mass is 10.3. The van der Waals surface area contributed by atoms with E-state index in [1.807, 2.05) is 6.92 Å². The van der Waals surface area contributed by atoms with E-state index in [1.165, 1.54) is 0 Å². The zero-order valence-corrected chi connectivity index (χ0v) is 7.79. The second-order valence-corrected chi connectivity index (χ2v) is 2.97. The molecule has 1 N–H and O–H groups in total. The minimum atomic E-state index is -0.462. The number of nitrogens with one attached hydrogen (secondary N) is 1. The van der Waals surface area contributed by atoms with Crippen molar-refractivity contribution in [3.8, 4) is 0 Å². The fourth-order valence-corrected chi connectivity index (χ4v) is 1.02. The van der Waals surface area contributed by atoms with E-state index in [-0.39, 0.29) is 11.9 Å². The first-order valence-corrected chi connectivity index (χ1v) is 4.36. The maximum atomic E-state index is 11.4. The average molecular weight is 185 g/mol. The first kappa shape index (κ1) is 10.2. The molecule has 1 aliphatic rings. The Balaban J connectivity index is 2.32. The van der Waals surface area contributed by atoms with Gasteiger partial charge >= 0.3 is 0 Å². The summed E-state index contributed by atoms with van der Waals surface area (Å²) in [6.07, 6.45) is 1.21. The van der Waals surface area contributed by atoms with Gasteiger partial charge in [0.05, 0.1) is 19.8 Å². The van der Waals surface area contributed by atoms with Crippen molar-refractivity contribution < 1.29 is 14.3 Å². The van der Waals surface area contributed by atoms with Crippen molar-refractivity contribution in [1.29, 1.82) is 0 Å². The first-order valence-electron chi connectivity index (χ1n) is 4.36. The highest BCUT2D eigenvalue weighted by Crippen LogP contribution is 2.00. The highest BCUT2D eigenvalue weighted by Gasteiger charge is 2.22. The number of ether oxygens (including phenoxy) is 2. The third kappa shape index (κ3) is 3.16. The zero-order chi connectivity index (χ0) is 9.68. The zero-order valence-electron chi connectivity index (χ0n) is 7.79. The second-order valence-electron chi connectivity index (χ2n) is 2.97. The number of carbonyl (C=O) groups excluding carboxylic acids is 1. The van der Waals surface area contributed by atoms with Gasteiger partial charge in [0, 0.05) is 6.04 Å². The van der Waals surface area contributed by atoms with Crippen LogP contribution in [0.25, 0.3) is 0 Å². The van der Waals surface area contributed by atoms with Gasteiger partial charge < -0.3 is 14.8 Å². The van der Waals surface area contributed by atoms with Crippen molar-refractivity contribution >= 4 is 5.91 Å². The van der Waals surface area contributed by atoms with Gasteiger partial charge in [0.2, 0.25) is 0 Å². The van der Waals surface area contributed by atoms with Crippen molar-refractivity contribution in [2.45, 2.75) is 19.1 Å². The third-order valence-corrected chi connectivity index (χ3v) is 1.83. The molecule has 1 heterocycles. The van der Waals surface area contributed by atoms with E-state index in [9.17, 15) is 4.79 Å². The van der Waals surface area contributed by atoms with Crippen molar-refractivity contribution in [1.82, 2.24) is 5.32 Å². The SMILES string of the molecule is C=CC(C)NC(=O)C1COCCO1. The Kier molecular flexibility index (Phi) is 3.92. The molecule has 13 heavy (non-hydrogen) atoms. The molecule has 1 rings (SSSR count). The van der Waals surface area contributed by atoms with Gasteiger partial charge in [0.1, 0.15) is 0 Å². The lowest BCUT2D eigenvalue weighted by Gasteiger charge is -2.23. The van der Waals surface area contributed by atoms with Gasteiger partial charge in [-0.15, -0.1) is 6.58 Å². The molecule has 2 atom stereocenters. The summed E-state index contributed by atoms with van der Waals surface area (Å²) < 4.78 is 10.3. The fourth-order valence-electron chi connectivity index (χ4n) is 1.02. The van der Waals surface area contributed by atoms with Crippen molar-refractivity contribution in [2.24, 2.45) is 0 Å². The van der Waals surface area contributed by atoms with Crippen LogP contribution in [0.5, 0.6) is 0 Å². The maximum Gasteiger partial charge on any atom is 0.251 e. The monoisotopic (exact) mass is 185 g/mol. The summed E-state index contributed by atoms with van der Waals surface area (Å²) >= 11 is 0. The van der Waals surface area contributed by atoms with Crippen LogP contribution in [-0.4, -0.2) is 37.9 Å². The highest BCUT2D eigenvalue weighted by molar-refractivity contribution is 5.81. The standard InChI is InChI=1S/C9H15NO3/c1-3-7(2)10-9(11)8-6-12-4-5-13-8/h3,7-8H,1,4-6H2,2H3,(H,10,11). The molecule has 1 saturated heterocycles. The van der Waals surface area contributed by atoms with E-state index in [0.717, 1.165) is 0 Å². The van der Waals surface area contributed by atoms with E-state index < -0.39 is 6.10 Å². The van der Waals surface area contributed by atoms with Gasteiger partial charge in [-0.2, -0.15) is 0 Å². The molecule has 0 aliphatic carbocycles. The summed E-state index contributed by atoms with van der Waals surface area (Å²) in [4.78, 5) is 11.4. The Bertz CT molecular complexity index is 187. The van der Waals surface area contributed by atoms with Gasteiger partial charge in [-0.1, -0.05) is 6.08 Å². The van der Waals surface area contributed by atoms with Crippen molar-refractivity contribution in [2.75, 3.05) is 19.8 Å². The Morgan fingerprint density at radius 3 is 3.00 bits per heavy atom. The van der Waals surface area contributed by atoms with E-state index in [1.54, 1.807) is 6.08 Å².